The molecule has 1 aromatic heterocycles. The predicted molar refractivity (Wildman–Crippen MR) is 54.6 cm³/mol. The summed E-state index contributed by atoms with van der Waals surface area (Å²) in [6.45, 7) is 5.82. The zero-order valence-corrected chi connectivity index (χ0v) is 8.54. The van der Waals surface area contributed by atoms with Crippen LogP contribution in [0.25, 0.3) is 0 Å². The number of nitrogens with zero attached hydrogens (tertiary/aromatic N) is 2. The van der Waals surface area contributed by atoms with Gasteiger partial charge in [0, 0.05) is 24.3 Å². The van der Waals surface area contributed by atoms with E-state index >= 15 is 0 Å². The SMILES string of the molecule is C=CCC(NC)c1cnn(C)c1C. The van der Waals surface area contributed by atoms with Crippen LogP contribution in [-0.2, 0) is 7.05 Å². The molecule has 1 atom stereocenters. The molecule has 3 heteroatoms. The molecule has 0 aromatic carbocycles. The van der Waals surface area contributed by atoms with Crippen molar-refractivity contribution in [2.24, 2.45) is 7.05 Å². The molecule has 0 radical (unpaired) electrons. The van der Waals surface area contributed by atoms with Crippen molar-refractivity contribution in [3.8, 4) is 0 Å². The number of hydrogen-bond acceptors (Lipinski definition) is 2. The molecule has 1 N–H and O–H groups in total. The highest BCUT2D eigenvalue weighted by Crippen LogP contribution is 2.19. The molecule has 1 rings (SSSR count). The lowest BCUT2D eigenvalue weighted by atomic mass is 10.1. The Hall–Kier alpha value is -1.09. The van der Waals surface area contributed by atoms with Gasteiger partial charge in [0.2, 0.25) is 0 Å². The zero-order valence-electron chi connectivity index (χ0n) is 8.54. The number of aromatic nitrogens is 2. The Morgan fingerprint density at radius 3 is 2.85 bits per heavy atom. The fraction of sp³-hybridized carbons (Fsp3) is 0.500. The van der Waals surface area contributed by atoms with E-state index in [1.165, 1.54) is 11.3 Å². The van der Waals surface area contributed by atoms with Crippen molar-refractivity contribution < 1.29 is 0 Å². The van der Waals surface area contributed by atoms with E-state index in [0.29, 0.717) is 6.04 Å². The largest absolute Gasteiger partial charge is 0.313 e. The zero-order chi connectivity index (χ0) is 9.84. The number of nitrogens with one attached hydrogen (secondary N) is 1. The van der Waals surface area contributed by atoms with Crippen LogP contribution in [0.3, 0.4) is 0 Å². The molecule has 1 unspecified atom stereocenters. The van der Waals surface area contributed by atoms with Crippen LogP contribution in [0.2, 0.25) is 0 Å². The monoisotopic (exact) mass is 179 g/mol. The van der Waals surface area contributed by atoms with E-state index in [1.807, 2.05) is 31.1 Å². The highest BCUT2D eigenvalue weighted by Gasteiger charge is 2.12. The second-order valence-corrected chi connectivity index (χ2v) is 3.17. The number of rotatable bonds is 4. The number of aryl methyl sites for hydroxylation is 1. The van der Waals surface area contributed by atoms with Gasteiger partial charge in [0.15, 0.2) is 0 Å². The van der Waals surface area contributed by atoms with Gasteiger partial charge in [-0.15, -0.1) is 6.58 Å². The van der Waals surface area contributed by atoms with Gasteiger partial charge in [0.1, 0.15) is 0 Å². The van der Waals surface area contributed by atoms with E-state index < -0.39 is 0 Å². The van der Waals surface area contributed by atoms with E-state index in [1.54, 1.807) is 0 Å². The van der Waals surface area contributed by atoms with Gasteiger partial charge < -0.3 is 5.32 Å². The lowest BCUT2D eigenvalue weighted by Crippen LogP contribution is -2.16. The number of hydrogen-bond donors (Lipinski definition) is 1. The standard InChI is InChI=1S/C10H17N3/c1-5-6-10(11-3)9-7-12-13(4)8(9)2/h5,7,10-11H,1,6H2,2-4H3. The van der Waals surface area contributed by atoms with Crippen molar-refractivity contribution in [1.82, 2.24) is 15.1 Å². The van der Waals surface area contributed by atoms with Gasteiger partial charge in [-0.05, 0) is 20.4 Å². The fourth-order valence-corrected chi connectivity index (χ4v) is 1.42. The van der Waals surface area contributed by atoms with Gasteiger partial charge in [0.05, 0.1) is 6.20 Å². The van der Waals surface area contributed by atoms with E-state index in [9.17, 15) is 0 Å². The Labute approximate surface area is 79.5 Å². The van der Waals surface area contributed by atoms with Crippen LogP contribution >= 0.6 is 0 Å². The van der Waals surface area contributed by atoms with Gasteiger partial charge >= 0.3 is 0 Å². The first-order valence-electron chi connectivity index (χ1n) is 4.47. The summed E-state index contributed by atoms with van der Waals surface area (Å²) in [5.74, 6) is 0. The molecule has 0 saturated heterocycles. The molecular weight excluding hydrogens is 162 g/mol. The highest BCUT2D eigenvalue weighted by atomic mass is 15.3. The van der Waals surface area contributed by atoms with Crippen molar-refractivity contribution in [3.05, 3.63) is 30.1 Å². The minimum absolute atomic E-state index is 0.339. The van der Waals surface area contributed by atoms with Crippen LogP contribution in [0, 0.1) is 6.92 Å². The van der Waals surface area contributed by atoms with Gasteiger partial charge in [0.25, 0.3) is 0 Å². The summed E-state index contributed by atoms with van der Waals surface area (Å²) in [5, 5.41) is 7.46. The summed E-state index contributed by atoms with van der Waals surface area (Å²) in [7, 11) is 3.92. The molecule has 3 nitrogen and oxygen atoms in total. The molecule has 0 aliphatic carbocycles. The topological polar surface area (TPSA) is 29.9 Å². The molecule has 1 aromatic rings. The first-order valence-corrected chi connectivity index (χ1v) is 4.47. The van der Waals surface area contributed by atoms with Crippen LogP contribution in [0.1, 0.15) is 23.7 Å². The van der Waals surface area contributed by atoms with Crippen LogP contribution in [0.15, 0.2) is 18.9 Å². The minimum Gasteiger partial charge on any atom is -0.313 e. The van der Waals surface area contributed by atoms with E-state index in [2.05, 4.69) is 23.9 Å². The van der Waals surface area contributed by atoms with Crippen molar-refractivity contribution in [2.45, 2.75) is 19.4 Å². The first kappa shape index (κ1) is 9.99. The lowest BCUT2D eigenvalue weighted by Gasteiger charge is -2.13. The van der Waals surface area contributed by atoms with Crippen LogP contribution in [0.4, 0.5) is 0 Å². The maximum Gasteiger partial charge on any atom is 0.0540 e. The average molecular weight is 179 g/mol. The summed E-state index contributed by atoms with van der Waals surface area (Å²) in [6, 6.07) is 0.339. The normalized spacial score (nSPS) is 12.8. The molecular formula is C10H17N3. The predicted octanol–water partition coefficient (Wildman–Crippen LogP) is 1.57. The summed E-state index contributed by atoms with van der Waals surface area (Å²) in [4.78, 5) is 0. The molecule has 0 fully saturated rings. The van der Waals surface area contributed by atoms with Crippen molar-refractivity contribution in [2.75, 3.05) is 7.05 Å². The third-order valence-electron chi connectivity index (χ3n) is 2.40. The van der Waals surface area contributed by atoms with Crippen molar-refractivity contribution in [1.29, 1.82) is 0 Å². The lowest BCUT2D eigenvalue weighted by molar-refractivity contribution is 0.598. The van der Waals surface area contributed by atoms with Gasteiger partial charge in [-0.25, -0.2) is 0 Å². The van der Waals surface area contributed by atoms with Gasteiger partial charge in [-0.3, -0.25) is 4.68 Å². The molecule has 0 aliphatic rings. The smallest absolute Gasteiger partial charge is 0.0540 e. The molecule has 0 spiro atoms. The minimum atomic E-state index is 0.339. The second kappa shape index (κ2) is 4.23. The highest BCUT2D eigenvalue weighted by molar-refractivity contribution is 5.21. The summed E-state index contributed by atoms with van der Waals surface area (Å²) < 4.78 is 1.89. The van der Waals surface area contributed by atoms with Crippen molar-refractivity contribution >= 4 is 0 Å². The maximum atomic E-state index is 4.21. The molecule has 72 valence electrons. The molecule has 0 saturated carbocycles. The van der Waals surface area contributed by atoms with E-state index in [4.69, 9.17) is 0 Å². The van der Waals surface area contributed by atoms with Gasteiger partial charge in [-0.1, -0.05) is 6.08 Å². The summed E-state index contributed by atoms with van der Waals surface area (Å²) >= 11 is 0. The maximum absolute atomic E-state index is 4.21. The average Bonchev–Trinajstić information content (AvgIpc) is 2.45. The fourth-order valence-electron chi connectivity index (χ4n) is 1.42. The molecule has 0 amide bonds. The van der Waals surface area contributed by atoms with E-state index in [0.717, 1.165) is 6.42 Å². The summed E-state index contributed by atoms with van der Waals surface area (Å²) in [6.07, 6.45) is 4.77. The Kier molecular flexibility index (Phi) is 3.25. The van der Waals surface area contributed by atoms with Crippen LogP contribution in [-0.4, -0.2) is 16.8 Å². The Balaban J connectivity index is 2.90. The molecule has 0 aliphatic heterocycles. The third kappa shape index (κ3) is 1.98. The van der Waals surface area contributed by atoms with Crippen molar-refractivity contribution in [3.63, 3.8) is 0 Å². The second-order valence-electron chi connectivity index (χ2n) is 3.17. The Bertz CT molecular complexity index is 288. The first-order chi connectivity index (χ1) is 6.20. The third-order valence-corrected chi connectivity index (χ3v) is 2.40. The van der Waals surface area contributed by atoms with Gasteiger partial charge in [-0.2, -0.15) is 5.10 Å². The molecule has 1 heterocycles. The van der Waals surface area contributed by atoms with Crippen LogP contribution in [0.5, 0.6) is 0 Å². The van der Waals surface area contributed by atoms with Crippen LogP contribution < -0.4 is 5.32 Å². The summed E-state index contributed by atoms with van der Waals surface area (Å²) in [5.41, 5.74) is 2.46. The Morgan fingerprint density at radius 2 is 2.46 bits per heavy atom. The quantitative estimate of drug-likeness (QED) is 0.711. The molecule has 13 heavy (non-hydrogen) atoms. The molecule has 0 bridgehead atoms. The Morgan fingerprint density at radius 1 is 1.77 bits per heavy atom. The van der Waals surface area contributed by atoms with E-state index in [-0.39, 0.29) is 0 Å².